The molecule has 1 heterocycles. The van der Waals surface area contributed by atoms with Gasteiger partial charge in [0.25, 0.3) is 0 Å². The molecule has 2 atom stereocenters. The molecule has 0 aliphatic heterocycles. The van der Waals surface area contributed by atoms with Gasteiger partial charge in [0.2, 0.25) is 5.91 Å². The van der Waals surface area contributed by atoms with Gasteiger partial charge in [0, 0.05) is 17.0 Å². The van der Waals surface area contributed by atoms with Gasteiger partial charge in [-0.2, -0.15) is 0 Å². The van der Waals surface area contributed by atoms with E-state index in [0.29, 0.717) is 6.54 Å². The number of carbonyl (C=O) groups excluding carboxylic acids is 1. The normalized spacial score (nSPS) is 14.6. The summed E-state index contributed by atoms with van der Waals surface area (Å²) in [6.07, 6.45) is 0.871. The van der Waals surface area contributed by atoms with Crippen LogP contribution in [-0.4, -0.2) is 36.5 Å². The number of hydrogen-bond acceptors (Lipinski definition) is 4. The summed E-state index contributed by atoms with van der Waals surface area (Å²) in [5.41, 5.74) is 6.25. The molecule has 1 aromatic heterocycles. The van der Waals surface area contributed by atoms with Crippen molar-refractivity contribution in [2.45, 2.75) is 45.3 Å². The molecule has 0 saturated carbocycles. The Hall–Kier alpha value is -0.430. The zero-order valence-corrected chi connectivity index (χ0v) is 14.9. The Balaban J connectivity index is 2.80. The number of hydrogen-bond donors (Lipinski definition) is 2. The van der Waals surface area contributed by atoms with Crippen molar-refractivity contribution in [1.29, 1.82) is 0 Å². The molecule has 0 aliphatic rings. The van der Waals surface area contributed by atoms with Gasteiger partial charge in [-0.15, -0.1) is 11.3 Å². The fourth-order valence-electron chi connectivity index (χ4n) is 2.16. The Kier molecular flexibility index (Phi) is 7.15. The predicted octanol–water partition coefficient (Wildman–Crippen LogP) is 2.75. The van der Waals surface area contributed by atoms with E-state index < -0.39 is 0 Å². The second-order valence-corrected chi connectivity index (χ2v) is 7.79. The summed E-state index contributed by atoms with van der Waals surface area (Å²) in [5, 5.41) is 2.91. The highest BCUT2D eigenvalue weighted by Gasteiger charge is 2.26. The smallest absolute Gasteiger partial charge is 0.234 e. The van der Waals surface area contributed by atoms with Crippen LogP contribution in [0.5, 0.6) is 0 Å². The highest BCUT2D eigenvalue weighted by atomic mass is 79.9. The largest absolute Gasteiger partial charge is 0.353 e. The van der Waals surface area contributed by atoms with Crippen LogP contribution in [0.2, 0.25) is 0 Å². The minimum Gasteiger partial charge on any atom is -0.353 e. The first kappa shape index (κ1) is 17.6. The van der Waals surface area contributed by atoms with Crippen molar-refractivity contribution < 1.29 is 4.79 Å². The number of likely N-dealkylation sites (N-methyl/N-ethyl adjacent to an activating group) is 1. The first-order valence-corrected chi connectivity index (χ1v) is 8.46. The molecule has 0 aromatic carbocycles. The van der Waals surface area contributed by atoms with E-state index in [1.54, 1.807) is 11.3 Å². The summed E-state index contributed by atoms with van der Waals surface area (Å²) >= 11 is 5.16. The van der Waals surface area contributed by atoms with Crippen molar-refractivity contribution in [1.82, 2.24) is 10.2 Å². The molecule has 1 aromatic rings. The van der Waals surface area contributed by atoms with Gasteiger partial charge in [0.15, 0.2) is 0 Å². The third-order valence-electron chi connectivity index (χ3n) is 3.08. The van der Waals surface area contributed by atoms with Crippen LogP contribution < -0.4 is 11.1 Å². The van der Waals surface area contributed by atoms with Gasteiger partial charge in [-0.1, -0.05) is 6.92 Å². The van der Waals surface area contributed by atoms with E-state index in [-0.39, 0.29) is 24.0 Å². The Morgan fingerprint density at radius 1 is 1.50 bits per heavy atom. The minimum absolute atomic E-state index is 0.0115. The number of halogens is 1. The number of nitrogens with one attached hydrogen (secondary N) is 1. The molecule has 0 aliphatic carbocycles. The second kappa shape index (κ2) is 8.12. The Bertz CT molecular complexity index is 436. The molecule has 3 N–H and O–H groups in total. The fraction of sp³-hybridized carbons (Fsp3) is 0.643. The Labute approximate surface area is 133 Å². The SMILES string of the molecule is CCC(N)C(c1ccc(Br)s1)N(C)CC(=O)NC(C)C. The molecule has 0 spiro atoms. The van der Waals surface area contributed by atoms with Gasteiger partial charge in [0.1, 0.15) is 0 Å². The van der Waals surface area contributed by atoms with Crippen LogP contribution in [-0.2, 0) is 4.79 Å². The van der Waals surface area contributed by atoms with Gasteiger partial charge < -0.3 is 11.1 Å². The summed E-state index contributed by atoms with van der Waals surface area (Å²) in [5.74, 6) is 0.0337. The van der Waals surface area contributed by atoms with Crippen molar-refractivity contribution in [2.75, 3.05) is 13.6 Å². The van der Waals surface area contributed by atoms with Crippen LogP contribution in [0.4, 0.5) is 0 Å². The average Bonchev–Trinajstić information content (AvgIpc) is 2.74. The summed E-state index contributed by atoms with van der Waals surface area (Å²) in [7, 11) is 1.95. The van der Waals surface area contributed by atoms with Crippen LogP contribution in [0.15, 0.2) is 15.9 Å². The number of nitrogens with zero attached hydrogens (tertiary/aromatic N) is 1. The standard InChI is InChI=1S/C14H24BrN3OS/c1-5-10(16)14(11-6-7-12(15)20-11)18(4)8-13(19)17-9(2)3/h6-7,9-10,14H,5,8,16H2,1-4H3,(H,17,19). The van der Waals surface area contributed by atoms with Gasteiger partial charge >= 0.3 is 0 Å². The van der Waals surface area contributed by atoms with Gasteiger partial charge in [-0.05, 0) is 55.4 Å². The molecule has 1 amide bonds. The monoisotopic (exact) mass is 361 g/mol. The molecule has 0 fully saturated rings. The summed E-state index contributed by atoms with van der Waals surface area (Å²) in [6, 6.07) is 4.33. The topological polar surface area (TPSA) is 58.4 Å². The van der Waals surface area contributed by atoms with Crippen LogP contribution in [0.25, 0.3) is 0 Å². The number of amides is 1. The van der Waals surface area contributed by atoms with E-state index in [1.165, 1.54) is 4.88 Å². The number of thiophene rings is 1. The zero-order chi connectivity index (χ0) is 15.3. The van der Waals surface area contributed by atoms with E-state index >= 15 is 0 Å². The Morgan fingerprint density at radius 3 is 2.60 bits per heavy atom. The predicted molar refractivity (Wildman–Crippen MR) is 88.9 cm³/mol. The van der Waals surface area contributed by atoms with Crippen LogP contribution in [0.1, 0.15) is 38.1 Å². The van der Waals surface area contributed by atoms with E-state index in [0.717, 1.165) is 10.2 Å². The molecule has 0 radical (unpaired) electrons. The van der Waals surface area contributed by atoms with Gasteiger partial charge in [-0.25, -0.2) is 0 Å². The third kappa shape index (κ3) is 5.16. The van der Waals surface area contributed by atoms with Crippen molar-refractivity contribution >= 4 is 33.2 Å². The number of rotatable bonds is 7. The lowest BCUT2D eigenvalue weighted by atomic mass is 10.0. The first-order chi connectivity index (χ1) is 9.35. The van der Waals surface area contributed by atoms with Gasteiger partial charge in [0.05, 0.1) is 16.4 Å². The van der Waals surface area contributed by atoms with E-state index in [1.807, 2.05) is 31.9 Å². The molecule has 0 saturated heterocycles. The minimum atomic E-state index is 0.0115. The zero-order valence-electron chi connectivity index (χ0n) is 12.5. The molecule has 114 valence electrons. The molecular formula is C14H24BrN3OS. The highest BCUT2D eigenvalue weighted by Crippen LogP contribution is 2.32. The van der Waals surface area contributed by atoms with Crippen molar-refractivity contribution in [3.63, 3.8) is 0 Å². The Morgan fingerprint density at radius 2 is 2.15 bits per heavy atom. The lowest BCUT2D eigenvalue weighted by Gasteiger charge is -2.31. The molecule has 6 heteroatoms. The van der Waals surface area contributed by atoms with Crippen LogP contribution >= 0.6 is 27.3 Å². The number of carbonyl (C=O) groups is 1. The first-order valence-electron chi connectivity index (χ1n) is 6.85. The summed E-state index contributed by atoms with van der Waals surface area (Å²) in [4.78, 5) is 15.1. The molecular weight excluding hydrogens is 338 g/mol. The fourth-order valence-corrected chi connectivity index (χ4v) is 3.82. The van der Waals surface area contributed by atoms with Crippen LogP contribution in [0, 0.1) is 0 Å². The molecule has 1 rings (SSSR count). The second-order valence-electron chi connectivity index (χ2n) is 5.30. The lowest BCUT2D eigenvalue weighted by Crippen LogP contribution is -2.44. The van der Waals surface area contributed by atoms with E-state index in [9.17, 15) is 4.79 Å². The molecule has 4 nitrogen and oxygen atoms in total. The van der Waals surface area contributed by atoms with Crippen molar-refractivity contribution in [2.24, 2.45) is 5.73 Å². The van der Waals surface area contributed by atoms with E-state index in [2.05, 4.69) is 34.2 Å². The molecule has 20 heavy (non-hydrogen) atoms. The molecule has 2 unspecified atom stereocenters. The summed E-state index contributed by atoms with van der Waals surface area (Å²) in [6.45, 7) is 6.35. The van der Waals surface area contributed by atoms with Gasteiger partial charge in [-0.3, -0.25) is 9.69 Å². The average molecular weight is 362 g/mol. The maximum absolute atomic E-state index is 11.9. The van der Waals surface area contributed by atoms with Crippen LogP contribution in [0.3, 0.4) is 0 Å². The third-order valence-corrected chi connectivity index (χ3v) is 4.77. The van der Waals surface area contributed by atoms with Crippen molar-refractivity contribution in [3.05, 3.63) is 20.8 Å². The maximum Gasteiger partial charge on any atom is 0.234 e. The maximum atomic E-state index is 11.9. The number of nitrogens with two attached hydrogens (primary N) is 1. The highest BCUT2D eigenvalue weighted by molar-refractivity contribution is 9.11. The quantitative estimate of drug-likeness (QED) is 0.784. The lowest BCUT2D eigenvalue weighted by molar-refractivity contribution is -0.123. The molecule has 0 bridgehead atoms. The van der Waals surface area contributed by atoms with Crippen molar-refractivity contribution in [3.8, 4) is 0 Å². The van der Waals surface area contributed by atoms with E-state index in [4.69, 9.17) is 5.73 Å². The summed E-state index contributed by atoms with van der Waals surface area (Å²) < 4.78 is 1.08.